The molecule has 0 fully saturated rings. The van der Waals surface area contributed by atoms with Crippen LogP contribution in [0.1, 0.15) is 10.4 Å². The highest BCUT2D eigenvalue weighted by atomic mass is 79.9. The summed E-state index contributed by atoms with van der Waals surface area (Å²) in [6.45, 7) is 0. The molecule has 11 heavy (non-hydrogen) atoms. The van der Waals surface area contributed by atoms with Gasteiger partial charge in [0.2, 0.25) is 5.56 Å². The number of halogens is 1. The van der Waals surface area contributed by atoms with Crippen LogP contribution in [-0.4, -0.2) is 16.1 Å². The summed E-state index contributed by atoms with van der Waals surface area (Å²) in [6.07, 6.45) is 1.15. The van der Waals surface area contributed by atoms with Gasteiger partial charge in [0.05, 0.1) is 5.56 Å². The van der Waals surface area contributed by atoms with E-state index in [1.165, 1.54) is 6.07 Å². The number of aromatic carboxylic acids is 1. The standard InChI is InChI=1S/C6H4BrNO3/c7-4-1-5(9)8-2-3(4)6(10)11/h1-2H,(H,8,9)(H,10,11). The van der Waals surface area contributed by atoms with Gasteiger partial charge in [-0.2, -0.15) is 0 Å². The van der Waals surface area contributed by atoms with E-state index in [0.29, 0.717) is 0 Å². The Balaban J connectivity index is 3.31. The van der Waals surface area contributed by atoms with Crippen LogP contribution >= 0.6 is 15.9 Å². The smallest absolute Gasteiger partial charge is 0.338 e. The third-order valence-electron chi connectivity index (χ3n) is 1.10. The molecular weight excluding hydrogens is 214 g/mol. The third-order valence-corrected chi connectivity index (χ3v) is 1.76. The minimum Gasteiger partial charge on any atom is -0.478 e. The number of pyridine rings is 1. The molecule has 4 nitrogen and oxygen atoms in total. The molecule has 1 rings (SSSR count). The van der Waals surface area contributed by atoms with Crippen molar-refractivity contribution >= 4 is 21.9 Å². The average Bonchev–Trinajstić information content (AvgIpc) is 1.85. The van der Waals surface area contributed by atoms with Gasteiger partial charge in [-0.1, -0.05) is 0 Å². The van der Waals surface area contributed by atoms with Crippen molar-refractivity contribution in [3.63, 3.8) is 0 Å². The molecule has 0 saturated carbocycles. The van der Waals surface area contributed by atoms with Crippen molar-refractivity contribution in [3.05, 3.63) is 32.7 Å². The molecule has 1 heterocycles. The zero-order valence-electron chi connectivity index (χ0n) is 5.30. The van der Waals surface area contributed by atoms with Gasteiger partial charge in [0.1, 0.15) is 0 Å². The van der Waals surface area contributed by atoms with Crippen molar-refractivity contribution in [3.8, 4) is 0 Å². The van der Waals surface area contributed by atoms with Crippen LogP contribution in [0.3, 0.4) is 0 Å². The fourth-order valence-corrected chi connectivity index (χ4v) is 1.10. The van der Waals surface area contributed by atoms with Crippen LogP contribution in [0.5, 0.6) is 0 Å². The highest BCUT2D eigenvalue weighted by molar-refractivity contribution is 9.10. The summed E-state index contributed by atoms with van der Waals surface area (Å²) < 4.78 is 0.286. The van der Waals surface area contributed by atoms with Gasteiger partial charge in [0, 0.05) is 16.7 Å². The van der Waals surface area contributed by atoms with Gasteiger partial charge in [0.25, 0.3) is 0 Å². The molecule has 0 aliphatic rings. The van der Waals surface area contributed by atoms with E-state index in [4.69, 9.17) is 5.11 Å². The lowest BCUT2D eigenvalue weighted by molar-refractivity contribution is 0.0695. The molecule has 1 aromatic rings. The summed E-state index contributed by atoms with van der Waals surface area (Å²) in [4.78, 5) is 23.2. The number of nitrogens with one attached hydrogen (secondary N) is 1. The Labute approximate surface area is 70.0 Å². The quantitative estimate of drug-likeness (QED) is 0.733. The van der Waals surface area contributed by atoms with Crippen molar-refractivity contribution in [1.29, 1.82) is 0 Å². The van der Waals surface area contributed by atoms with Gasteiger partial charge in [-0.15, -0.1) is 0 Å². The number of carboxylic acid groups (broad SMARTS) is 1. The van der Waals surface area contributed by atoms with Crippen LogP contribution in [0.2, 0.25) is 0 Å². The van der Waals surface area contributed by atoms with Crippen molar-refractivity contribution in [2.75, 3.05) is 0 Å². The number of carbonyl (C=O) groups is 1. The predicted molar refractivity (Wildman–Crippen MR) is 41.7 cm³/mol. The number of hydrogen-bond donors (Lipinski definition) is 2. The van der Waals surface area contributed by atoms with Crippen molar-refractivity contribution in [1.82, 2.24) is 4.98 Å². The van der Waals surface area contributed by atoms with E-state index in [9.17, 15) is 9.59 Å². The van der Waals surface area contributed by atoms with E-state index < -0.39 is 5.97 Å². The molecule has 0 radical (unpaired) electrons. The number of hydrogen-bond acceptors (Lipinski definition) is 2. The van der Waals surface area contributed by atoms with E-state index in [0.717, 1.165) is 6.20 Å². The molecule has 5 heteroatoms. The van der Waals surface area contributed by atoms with E-state index >= 15 is 0 Å². The number of aromatic nitrogens is 1. The normalized spacial score (nSPS) is 9.55. The SMILES string of the molecule is O=C(O)c1c[nH]c(=O)cc1Br. The number of carboxylic acids is 1. The van der Waals surface area contributed by atoms with E-state index in [1.807, 2.05) is 0 Å². The van der Waals surface area contributed by atoms with Gasteiger partial charge in [-0.3, -0.25) is 4.79 Å². The van der Waals surface area contributed by atoms with Crippen LogP contribution in [-0.2, 0) is 0 Å². The van der Waals surface area contributed by atoms with Crippen LogP contribution in [0.25, 0.3) is 0 Å². The summed E-state index contributed by atoms with van der Waals surface area (Å²) >= 11 is 2.95. The molecule has 2 N–H and O–H groups in total. The molecule has 1 aromatic heterocycles. The first kappa shape index (κ1) is 8.00. The molecule has 0 unspecified atom stereocenters. The number of rotatable bonds is 1. The van der Waals surface area contributed by atoms with Crippen LogP contribution in [0.15, 0.2) is 21.5 Å². The third kappa shape index (κ3) is 1.68. The Morgan fingerprint density at radius 1 is 1.64 bits per heavy atom. The summed E-state index contributed by atoms with van der Waals surface area (Å²) in [6, 6.07) is 1.17. The molecule has 58 valence electrons. The molecule has 0 bridgehead atoms. The van der Waals surface area contributed by atoms with E-state index in [2.05, 4.69) is 20.9 Å². The maximum atomic E-state index is 10.6. The Morgan fingerprint density at radius 2 is 2.27 bits per heavy atom. The van der Waals surface area contributed by atoms with E-state index in [-0.39, 0.29) is 15.6 Å². The first-order chi connectivity index (χ1) is 5.11. The lowest BCUT2D eigenvalue weighted by Gasteiger charge is -1.94. The Bertz CT molecular complexity index is 344. The molecule has 0 aliphatic heterocycles. The lowest BCUT2D eigenvalue weighted by Crippen LogP contribution is -2.07. The molecule has 0 aliphatic carbocycles. The zero-order chi connectivity index (χ0) is 8.43. The molecular formula is C6H4BrNO3. The van der Waals surface area contributed by atoms with Gasteiger partial charge < -0.3 is 10.1 Å². The fraction of sp³-hybridized carbons (Fsp3) is 0. The summed E-state index contributed by atoms with van der Waals surface area (Å²) in [7, 11) is 0. The van der Waals surface area contributed by atoms with Crippen molar-refractivity contribution in [2.45, 2.75) is 0 Å². The van der Waals surface area contributed by atoms with Gasteiger partial charge in [-0.05, 0) is 15.9 Å². The highest BCUT2D eigenvalue weighted by Crippen LogP contribution is 2.11. The largest absolute Gasteiger partial charge is 0.478 e. The monoisotopic (exact) mass is 217 g/mol. The Hall–Kier alpha value is -1.10. The van der Waals surface area contributed by atoms with Crippen molar-refractivity contribution < 1.29 is 9.90 Å². The predicted octanol–water partition coefficient (Wildman–Crippen LogP) is 0.836. The average molecular weight is 218 g/mol. The first-order valence-corrected chi connectivity index (χ1v) is 3.52. The Morgan fingerprint density at radius 3 is 2.73 bits per heavy atom. The van der Waals surface area contributed by atoms with Gasteiger partial charge in [-0.25, -0.2) is 4.79 Å². The van der Waals surface area contributed by atoms with E-state index in [1.54, 1.807) is 0 Å². The van der Waals surface area contributed by atoms with Gasteiger partial charge in [0.15, 0.2) is 0 Å². The summed E-state index contributed by atoms with van der Waals surface area (Å²) in [5.41, 5.74) is -0.286. The molecule has 0 atom stereocenters. The van der Waals surface area contributed by atoms with Crippen LogP contribution in [0.4, 0.5) is 0 Å². The minimum atomic E-state index is -1.08. The molecule has 0 saturated heterocycles. The Kier molecular flexibility index (Phi) is 2.09. The zero-order valence-corrected chi connectivity index (χ0v) is 6.88. The van der Waals surface area contributed by atoms with Gasteiger partial charge >= 0.3 is 5.97 Å². The van der Waals surface area contributed by atoms with Crippen LogP contribution in [0, 0.1) is 0 Å². The molecule has 0 amide bonds. The molecule has 0 aromatic carbocycles. The number of aromatic amines is 1. The first-order valence-electron chi connectivity index (χ1n) is 2.73. The highest BCUT2D eigenvalue weighted by Gasteiger charge is 2.06. The van der Waals surface area contributed by atoms with Crippen LogP contribution < -0.4 is 5.56 Å². The molecule has 0 spiro atoms. The summed E-state index contributed by atoms with van der Waals surface area (Å²) in [5.74, 6) is -1.08. The topological polar surface area (TPSA) is 70.2 Å². The lowest BCUT2D eigenvalue weighted by atomic mass is 10.3. The second-order valence-corrected chi connectivity index (χ2v) is 2.72. The summed E-state index contributed by atoms with van der Waals surface area (Å²) in [5, 5.41) is 8.50. The number of H-pyrrole nitrogens is 1. The second-order valence-electron chi connectivity index (χ2n) is 1.86. The minimum absolute atomic E-state index is 0.0459. The maximum absolute atomic E-state index is 10.6. The fourth-order valence-electron chi connectivity index (χ4n) is 0.611. The van der Waals surface area contributed by atoms with Crippen molar-refractivity contribution in [2.24, 2.45) is 0 Å². The maximum Gasteiger partial charge on any atom is 0.338 e. The second kappa shape index (κ2) is 2.87.